The minimum atomic E-state index is -0.716. The number of rotatable bonds is 3. The number of nitrogens with zero attached hydrogens (tertiary/aromatic N) is 1. The van der Waals surface area contributed by atoms with E-state index in [1.807, 2.05) is 18.4 Å². The Labute approximate surface area is 96.3 Å². The Bertz CT molecular complexity index is 357. The van der Waals surface area contributed by atoms with Crippen LogP contribution < -0.4 is 0 Å². The van der Waals surface area contributed by atoms with E-state index >= 15 is 0 Å². The maximum absolute atomic E-state index is 10.1. The molecule has 2 nitrogen and oxygen atoms in total. The molecule has 1 rings (SSSR count). The van der Waals surface area contributed by atoms with E-state index in [4.69, 9.17) is 5.26 Å². The van der Waals surface area contributed by atoms with Crippen molar-refractivity contribution in [1.29, 1.82) is 5.26 Å². The highest BCUT2D eigenvalue weighted by molar-refractivity contribution is 9.10. The molecule has 76 valence electrons. The Kier molecular flexibility index (Phi) is 3.71. The Hall–Kier alpha value is -0.370. The Morgan fingerprint density at radius 1 is 1.79 bits per heavy atom. The predicted molar refractivity (Wildman–Crippen MR) is 61.0 cm³/mol. The summed E-state index contributed by atoms with van der Waals surface area (Å²) >= 11 is 4.83. The van der Waals surface area contributed by atoms with Gasteiger partial charge in [-0.2, -0.15) is 5.26 Å². The SMILES string of the molecule is CCC(C)(C#N)C(O)c1sccc1Br. The maximum atomic E-state index is 10.1. The van der Waals surface area contributed by atoms with Crippen molar-refractivity contribution in [3.8, 4) is 6.07 Å². The van der Waals surface area contributed by atoms with Crippen LogP contribution in [0, 0.1) is 16.7 Å². The van der Waals surface area contributed by atoms with Gasteiger partial charge in [0.2, 0.25) is 0 Å². The summed E-state index contributed by atoms with van der Waals surface area (Å²) in [6.45, 7) is 3.69. The first-order valence-electron chi connectivity index (χ1n) is 4.37. The summed E-state index contributed by atoms with van der Waals surface area (Å²) in [6, 6.07) is 4.06. The third kappa shape index (κ3) is 2.00. The second-order valence-electron chi connectivity index (χ2n) is 3.42. The van der Waals surface area contributed by atoms with Crippen LogP contribution in [0.1, 0.15) is 31.2 Å². The lowest BCUT2D eigenvalue weighted by Crippen LogP contribution is -2.22. The molecular weight excluding hydrogens is 262 g/mol. The van der Waals surface area contributed by atoms with Crippen molar-refractivity contribution in [2.45, 2.75) is 26.4 Å². The molecule has 1 aromatic heterocycles. The standard InChI is InChI=1S/C10H12BrNOS/c1-3-10(2,6-12)9(13)8-7(11)4-5-14-8/h4-5,9,13H,3H2,1-2H3. The molecule has 0 fully saturated rings. The number of halogens is 1. The van der Waals surface area contributed by atoms with Crippen LogP contribution in [0.3, 0.4) is 0 Å². The zero-order valence-electron chi connectivity index (χ0n) is 8.12. The molecule has 0 amide bonds. The van der Waals surface area contributed by atoms with E-state index in [2.05, 4.69) is 22.0 Å². The van der Waals surface area contributed by atoms with Crippen molar-refractivity contribution in [1.82, 2.24) is 0 Å². The highest BCUT2D eigenvalue weighted by Crippen LogP contribution is 2.41. The Morgan fingerprint density at radius 3 is 2.79 bits per heavy atom. The van der Waals surface area contributed by atoms with Crippen molar-refractivity contribution < 1.29 is 5.11 Å². The average molecular weight is 274 g/mol. The summed E-state index contributed by atoms with van der Waals surface area (Å²) in [5, 5.41) is 21.0. The molecule has 0 radical (unpaired) electrons. The molecule has 2 unspecified atom stereocenters. The number of nitriles is 1. The van der Waals surface area contributed by atoms with Gasteiger partial charge >= 0.3 is 0 Å². The largest absolute Gasteiger partial charge is 0.386 e. The smallest absolute Gasteiger partial charge is 0.108 e. The lowest BCUT2D eigenvalue weighted by molar-refractivity contribution is 0.0748. The predicted octanol–water partition coefficient (Wildman–Crippen LogP) is 3.48. The van der Waals surface area contributed by atoms with E-state index in [-0.39, 0.29) is 0 Å². The molecule has 0 saturated carbocycles. The fourth-order valence-electron chi connectivity index (χ4n) is 1.12. The molecule has 1 N–H and O–H groups in total. The van der Waals surface area contributed by atoms with E-state index in [0.29, 0.717) is 6.42 Å². The molecule has 0 bridgehead atoms. The zero-order valence-corrected chi connectivity index (χ0v) is 10.5. The maximum Gasteiger partial charge on any atom is 0.108 e. The topological polar surface area (TPSA) is 44.0 Å². The molecule has 2 atom stereocenters. The van der Waals surface area contributed by atoms with Gasteiger partial charge in [0.1, 0.15) is 6.10 Å². The van der Waals surface area contributed by atoms with Crippen LogP contribution in [0.5, 0.6) is 0 Å². The van der Waals surface area contributed by atoms with Crippen LogP contribution >= 0.6 is 27.3 Å². The summed E-state index contributed by atoms with van der Waals surface area (Å²) < 4.78 is 0.880. The molecule has 0 aliphatic carbocycles. The van der Waals surface area contributed by atoms with Crippen molar-refractivity contribution >= 4 is 27.3 Å². The van der Waals surface area contributed by atoms with Crippen molar-refractivity contribution in [3.05, 3.63) is 20.8 Å². The summed E-state index contributed by atoms with van der Waals surface area (Å²) in [5.74, 6) is 0. The summed E-state index contributed by atoms with van der Waals surface area (Å²) in [5.41, 5.74) is -0.701. The molecule has 0 aromatic carbocycles. The van der Waals surface area contributed by atoms with Gasteiger partial charge in [-0.05, 0) is 40.7 Å². The third-order valence-electron chi connectivity index (χ3n) is 2.49. The van der Waals surface area contributed by atoms with E-state index in [9.17, 15) is 5.11 Å². The van der Waals surface area contributed by atoms with Gasteiger partial charge in [-0.25, -0.2) is 0 Å². The van der Waals surface area contributed by atoms with E-state index in [0.717, 1.165) is 9.35 Å². The van der Waals surface area contributed by atoms with Crippen molar-refractivity contribution in [2.24, 2.45) is 5.41 Å². The molecule has 0 spiro atoms. The number of hydrogen-bond donors (Lipinski definition) is 1. The number of hydrogen-bond acceptors (Lipinski definition) is 3. The molecule has 4 heteroatoms. The summed E-state index contributed by atoms with van der Waals surface area (Å²) in [6.07, 6.45) is -0.0819. The normalized spacial score (nSPS) is 17.1. The first kappa shape index (κ1) is 11.7. The van der Waals surface area contributed by atoms with Crippen LogP contribution in [-0.2, 0) is 0 Å². The highest BCUT2D eigenvalue weighted by atomic mass is 79.9. The Balaban J connectivity index is 3.02. The van der Waals surface area contributed by atoms with E-state index in [1.54, 1.807) is 6.92 Å². The van der Waals surface area contributed by atoms with Gasteiger partial charge in [-0.3, -0.25) is 0 Å². The monoisotopic (exact) mass is 273 g/mol. The minimum absolute atomic E-state index is 0.634. The van der Waals surface area contributed by atoms with E-state index in [1.165, 1.54) is 11.3 Å². The molecular formula is C10H12BrNOS. The van der Waals surface area contributed by atoms with Crippen molar-refractivity contribution in [2.75, 3.05) is 0 Å². The van der Waals surface area contributed by atoms with Gasteiger partial charge in [-0.1, -0.05) is 6.92 Å². The van der Waals surface area contributed by atoms with Gasteiger partial charge in [0, 0.05) is 9.35 Å². The van der Waals surface area contributed by atoms with Gasteiger partial charge in [0.15, 0.2) is 0 Å². The second kappa shape index (κ2) is 4.43. The highest BCUT2D eigenvalue weighted by Gasteiger charge is 2.34. The lowest BCUT2D eigenvalue weighted by Gasteiger charge is -2.25. The van der Waals surface area contributed by atoms with Crippen LogP contribution in [-0.4, -0.2) is 5.11 Å². The van der Waals surface area contributed by atoms with Gasteiger partial charge in [-0.15, -0.1) is 11.3 Å². The molecule has 0 saturated heterocycles. The van der Waals surface area contributed by atoms with Crippen LogP contribution in [0.4, 0.5) is 0 Å². The lowest BCUT2D eigenvalue weighted by atomic mass is 9.82. The van der Waals surface area contributed by atoms with Crippen LogP contribution in [0.2, 0.25) is 0 Å². The minimum Gasteiger partial charge on any atom is -0.386 e. The van der Waals surface area contributed by atoms with Crippen LogP contribution in [0.15, 0.2) is 15.9 Å². The fourth-order valence-corrected chi connectivity index (χ4v) is 2.85. The zero-order chi connectivity index (χ0) is 10.8. The molecule has 1 heterocycles. The van der Waals surface area contributed by atoms with Gasteiger partial charge in [0.25, 0.3) is 0 Å². The number of aliphatic hydroxyl groups excluding tert-OH is 1. The summed E-state index contributed by atoms with van der Waals surface area (Å²) in [4.78, 5) is 0.830. The first-order chi connectivity index (χ1) is 6.55. The molecule has 1 aromatic rings. The van der Waals surface area contributed by atoms with E-state index < -0.39 is 11.5 Å². The quantitative estimate of drug-likeness (QED) is 0.917. The average Bonchev–Trinajstić information content (AvgIpc) is 2.62. The van der Waals surface area contributed by atoms with Crippen molar-refractivity contribution in [3.63, 3.8) is 0 Å². The number of aliphatic hydroxyl groups is 1. The van der Waals surface area contributed by atoms with Crippen LogP contribution in [0.25, 0.3) is 0 Å². The Morgan fingerprint density at radius 2 is 2.43 bits per heavy atom. The van der Waals surface area contributed by atoms with Gasteiger partial charge < -0.3 is 5.11 Å². The summed E-state index contributed by atoms with van der Waals surface area (Å²) in [7, 11) is 0. The molecule has 0 aliphatic rings. The fraction of sp³-hybridized carbons (Fsp3) is 0.500. The third-order valence-corrected chi connectivity index (χ3v) is 4.41. The second-order valence-corrected chi connectivity index (χ2v) is 5.22. The molecule has 0 aliphatic heterocycles. The first-order valence-corrected chi connectivity index (χ1v) is 6.04. The molecule has 14 heavy (non-hydrogen) atoms. The van der Waals surface area contributed by atoms with Gasteiger partial charge in [0.05, 0.1) is 11.5 Å². The number of thiophene rings is 1.